The van der Waals surface area contributed by atoms with Crippen molar-refractivity contribution in [3.05, 3.63) is 53.6 Å². The van der Waals surface area contributed by atoms with Gasteiger partial charge in [-0.25, -0.2) is 0 Å². The van der Waals surface area contributed by atoms with Crippen molar-refractivity contribution >= 4 is 11.6 Å². The molecule has 2 aromatic carbocycles. The second kappa shape index (κ2) is 11.5. The predicted molar refractivity (Wildman–Crippen MR) is 119 cm³/mol. The fourth-order valence-corrected chi connectivity index (χ4v) is 3.48. The van der Waals surface area contributed by atoms with E-state index in [1.54, 1.807) is 18.2 Å². The molecule has 1 heterocycles. The Labute approximate surface area is 179 Å². The zero-order valence-electron chi connectivity index (χ0n) is 18.0. The third-order valence-electron chi connectivity index (χ3n) is 5.05. The Morgan fingerprint density at radius 3 is 2.40 bits per heavy atom. The second-order valence-corrected chi connectivity index (χ2v) is 7.15. The zero-order chi connectivity index (χ0) is 21.2. The van der Waals surface area contributed by atoms with Gasteiger partial charge in [0.05, 0.1) is 26.4 Å². The summed E-state index contributed by atoms with van der Waals surface area (Å²) >= 11 is 0. The number of hydrogen-bond acceptors (Lipinski definition) is 5. The van der Waals surface area contributed by atoms with E-state index in [-0.39, 0.29) is 5.91 Å². The van der Waals surface area contributed by atoms with Crippen LogP contribution in [0.1, 0.15) is 36.2 Å². The van der Waals surface area contributed by atoms with Crippen LogP contribution in [0, 0.1) is 0 Å². The lowest BCUT2D eigenvalue weighted by atomic mass is 10.1. The monoisotopic (exact) mass is 412 g/mol. The smallest absolute Gasteiger partial charge is 0.251 e. The van der Waals surface area contributed by atoms with Crippen molar-refractivity contribution in [2.24, 2.45) is 0 Å². The minimum absolute atomic E-state index is 0.0957. The molecule has 0 aromatic heterocycles. The number of anilines is 1. The molecule has 3 rings (SSSR count). The highest BCUT2D eigenvalue weighted by molar-refractivity contribution is 5.94. The Bertz CT molecular complexity index is 801. The van der Waals surface area contributed by atoms with E-state index in [4.69, 9.17) is 14.2 Å². The molecule has 0 unspecified atom stereocenters. The number of carbonyl (C=O) groups is 1. The number of hydrogen-bond donors (Lipinski definition) is 1. The Morgan fingerprint density at radius 2 is 1.70 bits per heavy atom. The highest BCUT2D eigenvalue weighted by Crippen LogP contribution is 2.28. The van der Waals surface area contributed by atoms with Crippen molar-refractivity contribution in [3.8, 4) is 11.5 Å². The first kappa shape index (κ1) is 22.0. The number of nitrogens with zero attached hydrogens (tertiary/aromatic N) is 1. The number of nitrogens with one attached hydrogen (secondary N) is 1. The van der Waals surface area contributed by atoms with E-state index < -0.39 is 0 Å². The summed E-state index contributed by atoms with van der Waals surface area (Å²) in [6, 6.07) is 14.0. The molecule has 0 atom stereocenters. The molecule has 6 heteroatoms. The third-order valence-corrected chi connectivity index (χ3v) is 5.05. The van der Waals surface area contributed by atoms with Crippen LogP contribution >= 0.6 is 0 Å². The number of carbonyl (C=O) groups excluding carboxylic acids is 1. The van der Waals surface area contributed by atoms with Gasteiger partial charge in [-0.15, -0.1) is 0 Å². The first-order chi connectivity index (χ1) is 14.7. The SMILES string of the molecule is CCOc1ccc(C(=O)NCCCc2ccc(N3CCOCC3)cc2)cc1OCC. The molecule has 1 amide bonds. The van der Waals surface area contributed by atoms with Crippen LogP contribution in [0.5, 0.6) is 11.5 Å². The summed E-state index contributed by atoms with van der Waals surface area (Å²) in [7, 11) is 0. The number of benzene rings is 2. The summed E-state index contributed by atoms with van der Waals surface area (Å²) in [5.41, 5.74) is 3.11. The molecule has 0 saturated carbocycles. The van der Waals surface area contributed by atoms with Crippen molar-refractivity contribution < 1.29 is 19.0 Å². The molecule has 0 aliphatic carbocycles. The summed E-state index contributed by atoms with van der Waals surface area (Å²) in [4.78, 5) is 14.8. The number of morpholine rings is 1. The summed E-state index contributed by atoms with van der Waals surface area (Å²) in [6.45, 7) is 9.02. The van der Waals surface area contributed by atoms with Crippen LogP contribution < -0.4 is 19.7 Å². The van der Waals surface area contributed by atoms with Crippen LogP contribution in [0.4, 0.5) is 5.69 Å². The summed E-state index contributed by atoms with van der Waals surface area (Å²) in [5.74, 6) is 1.17. The molecule has 1 N–H and O–H groups in total. The Hall–Kier alpha value is -2.73. The van der Waals surface area contributed by atoms with Crippen LogP contribution in [-0.4, -0.2) is 52.0 Å². The first-order valence-electron chi connectivity index (χ1n) is 10.8. The Balaban J connectivity index is 1.45. The minimum atomic E-state index is -0.0957. The lowest BCUT2D eigenvalue weighted by Gasteiger charge is -2.28. The maximum atomic E-state index is 12.5. The molecule has 0 bridgehead atoms. The third kappa shape index (κ3) is 6.13. The van der Waals surface area contributed by atoms with Gasteiger partial charge in [-0.2, -0.15) is 0 Å². The molecule has 1 aliphatic rings. The molecule has 0 spiro atoms. The van der Waals surface area contributed by atoms with E-state index in [0.29, 0.717) is 36.8 Å². The fourth-order valence-electron chi connectivity index (χ4n) is 3.48. The predicted octanol–water partition coefficient (Wildman–Crippen LogP) is 3.68. The van der Waals surface area contributed by atoms with Gasteiger partial charge in [0.1, 0.15) is 0 Å². The number of amides is 1. The van der Waals surface area contributed by atoms with E-state index >= 15 is 0 Å². The number of rotatable bonds is 10. The van der Waals surface area contributed by atoms with E-state index in [1.807, 2.05) is 13.8 Å². The van der Waals surface area contributed by atoms with Gasteiger partial charge in [-0.1, -0.05) is 12.1 Å². The van der Waals surface area contributed by atoms with Gasteiger partial charge < -0.3 is 24.4 Å². The van der Waals surface area contributed by atoms with Crippen LogP contribution in [0.3, 0.4) is 0 Å². The number of ether oxygens (including phenoxy) is 3. The van der Waals surface area contributed by atoms with Crippen LogP contribution in [0.2, 0.25) is 0 Å². The van der Waals surface area contributed by atoms with Crippen molar-refractivity contribution in [1.82, 2.24) is 5.32 Å². The van der Waals surface area contributed by atoms with Crippen molar-refractivity contribution in [2.45, 2.75) is 26.7 Å². The van der Waals surface area contributed by atoms with Gasteiger partial charge in [0.2, 0.25) is 0 Å². The van der Waals surface area contributed by atoms with Crippen molar-refractivity contribution in [1.29, 1.82) is 0 Å². The van der Waals surface area contributed by atoms with Crippen molar-refractivity contribution in [2.75, 3.05) is 51.0 Å². The van der Waals surface area contributed by atoms with Gasteiger partial charge in [0.15, 0.2) is 11.5 Å². The van der Waals surface area contributed by atoms with Crippen LogP contribution in [-0.2, 0) is 11.2 Å². The zero-order valence-corrected chi connectivity index (χ0v) is 18.0. The summed E-state index contributed by atoms with van der Waals surface area (Å²) in [6.07, 6.45) is 1.81. The first-order valence-corrected chi connectivity index (χ1v) is 10.8. The van der Waals surface area contributed by atoms with Crippen LogP contribution in [0.25, 0.3) is 0 Å². The largest absolute Gasteiger partial charge is 0.490 e. The lowest BCUT2D eigenvalue weighted by molar-refractivity contribution is 0.0952. The molecule has 6 nitrogen and oxygen atoms in total. The topological polar surface area (TPSA) is 60.0 Å². The maximum absolute atomic E-state index is 12.5. The minimum Gasteiger partial charge on any atom is -0.490 e. The average Bonchev–Trinajstić information content (AvgIpc) is 2.79. The molecular weight excluding hydrogens is 380 g/mol. The van der Waals surface area contributed by atoms with E-state index in [9.17, 15) is 4.79 Å². The van der Waals surface area contributed by atoms with Gasteiger partial charge in [-0.05, 0) is 62.6 Å². The highest BCUT2D eigenvalue weighted by atomic mass is 16.5. The quantitative estimate of drug-likeness (QED) is 0.603. The van der Waals surface area contributed by atoms with Gasteiger partial charge in [-0.3, -0.25) is 4.79 Å². The Kier molecular flexibility index (Phi) is 8.39. The fraction of sp³-hybridized carbons (Fsp3) is 0.458. The molecule has 1 saturated heterocycles. The number of aryl methyl sites for hydroxylation is 1. The highest BCUT2D eigenvalue weighted by Gasteiger charge is 2.12. The van der Waals surface area contributed by atoms with Gasteiger partial charge >= 0.3 is 0 Å². The summed E-state index contributed by atoms with van der Waals surface area (Å²) in [5, 5.41) is 3.00. The lowest BCUT2D eigenvalue weighted by Crippen LogP contribution is -2.36. The maximum Gasteiger partial charge on any atom is 0.251 e. The van der Waals surface area contributed by atoms with Gasteiger partial charge in [0.25, 0.3) is 5.91 Å². The van der Waals surface area contributed by atoms with E-state index in [1.165, 1.54) is 11.3 Å². The molecule has 2 aromatic rings. The van der Waals surface area contributed by atoms with Crippen molar-refractivity contribution in [3.63, 3.8) is 0 Å². The van der Waals surface area contributed by atoms with Gasteiger partial charge in [0, 0.05) is 30.9 Å². The second-order valence-electron chi connectivity index (χ2n) is 7.15. The molecule has 1 fully saturated rings. The van der Waals surface area contributed by atoms with E-state index in [2.05, 4.69) is 34.5 Å². The molecule has 1 aliphatic heterocycles. The molecule has 0 radical (unpaired) electrons. The van der Waals surface area contributed by atoms with E-state index in [0.717, 1.165) is 39.1 Å². The summed E-state index contributed by atoms with van der Waals surface area (Å²) < 4.78 is 16.6. The average molecular weight is 413 g/mol. The molecule has 162 valence electrons. The Morgan fingerprint density at radius 1 is 1.00 bits per heavy atom. The standard InChI is InChI=1S/C24H32N2O4/c1-3-29-22-12-9-20(18-23(22)30-4-2)24(27)25-13-5-6-19-7-10-21(11-8-19)26-14-16-28-17-15-26/h7-12,18H,3-6,13-17H2,1-2H3,(H,25,27). The van der Waals surface area contributed by atoms with Crippen LogP contribution in [0.15, 0.2) is 42.5 Å². The molecule has 30 heavy (non-hydrogen) atoms. The molecular formula is C24H32N2O4. The normalized spacial score (nSPS) is 13.7.